The third-order valence-electron chi connectivity index (χ3n) is 1.87. The van der Waals surface area contributed by atoms with Crippen LogP contribution in [-0.4, -0.2) is 31.7 Å². The van der Waals surface area contributed by atoms with Crippen LogP contribution in [0.5, 0.6) is 0 Å². The molecule has 5 nitrogen and oxygen atoms in total. The van der Waals surface area contributed by atoms with Crippen LogP contribution in [0.1, 0.15) is 12.8 Å². The molecule has 2 N–H and O–H groups in total. The maximum Gasteiger partial charge on any atom is 0.242 e. The first-order valence-electron chi connectivity index (χ1n) is 4.77. The van der Waals surface area contributed by atoms with Gasteiger partial charge in [-0.05, 0) is 34.8 Å². The fourth-order valence-electron chi connectivity index (χ4n) is 1.07. The molecule has 0 radical (unpaired) electrons. The summed E-state index contributed by atoms with van der Waals surface area (Å²) in [4.78, 5) is 3.92. The smallest absolute Gasteiger partial charge is 0.242 e. The summed E-state index contributed by atoms with van der Waals surface area (Å²) in [7, 11) is -3.49. The fraction of sp³-hybridized carbons (Fsp3) is 0.444. The van der Waals surface area contributed by atoms with Crippen molar-refractivity contribution in [1.82, 2.24) is 9.71 Å². The van der Waals surface area contributed by atoms with Crippen LogP contribution in [0.2, 0.25) is 0 Å². The number of unbranched alkanes of at least 4 members (excludes halogenated alkanes) is 1. The van der Waals surface area contributed by atoms with Crippen molar-refractivity contribution in [1.29, 1.82) is 0 Å². The number of aliphatic hydroxyl groups excluding tert-OH is 1. The molecule has 16 heavy (non-hydrogen) atoms. The van der Waals surface area contributed by atoms with Crippen molar-refractivity contribution in [2.45, 2.75) is 17.7 Å². The first kappa shape index (κ1) is 13.6. The number of nitrogens with zero attached hydrogens (tertiary/aromatic N) is 1. The van der Waals surface area contributed by atoms with Crippen molar-refractivity contribution >= 4 is 26.0 Å². The van der Waals surface area contributed by atoms with Crippen LogP contribution in [0, 0.1) is 0 Å². The molecule has 1 aromatic rings. The van der Waals surface area contributed by atoms with Gasteiger partial charge in [0.2, 0.25) is 10.0 Å². The summed E-state index contributed by atoms with van der Waals surface area (Å²) < 4.78 is 26.5. The molecule has 0 amide bonds. The van der Waals surface area contributed by atoms with E-state index in [1.54, 1.807) is 0 Å². The predicted molar refractivity (Wildman–Crippen MR) is 63.4 cm³/mol. The molecule has 0 saturated heterocycles. The first-order valence-corrected chi connectivity index (χ1v) is 7.05. The molecule has 0 aromatic carbocycles. The number of sulfonamides is 1. The van der Waals surface area contributed by atoms with Gasteiger partial charge in [0.15, 0.2) is 0 Å². The SMILES string of the molecule is O=S(=O)(NCCCCO)c1cncc(Br)c1. The molecule has 0 aliphatic rings. The zero-order valence-corrected chi connectivity index (χ0v) is 11.0. The van der Waals surface area contributed by atoms with Crippen molar-refractivity contribution in [2.75, 3.05) is 13.2 Å². The van der Waals surface area contributed by atoms with Gasteiger partial charge < -0.3 is 5.11 Å². The van der Waals surface area contributed by atoms with Crippen LogP contribution in [0.15, 0.2) is 27.8 Å². The molecule has 1 heterocycles. The lowest BCUT2D eigenvalue weighted by molar-refractivity contribution is 0.285. The molecule has 0 aliphatic heterocycles. The van der Waals surface area contributed by atoms with Gasteiger partial charge >= 0.3 is 0 Å². The second kappa shape index (κ2) is 6.29. The molecule has 0 spiro atoms. The molecule has 0 fully saturated rings. The Morgan fingerprint density at radius 3 is 2.75 bits per heavy atom. The number of hydrogen-bond donors (Lipinski definition) is 2. The summed E-state index contributed by atoms with van der Waals surface area (Å²) in [6, 6.07) is 1.49. The summed E-state index contributed by atoms with van der Waals surface area (Å²) >= 11 is 3.16. The Bertz CT molecular complexity index is 436. The summed E-state index contributed by atoms with van der Waals surface area (Å²) in [5.41, 5.74) is 0. The van der Waals surface area contributed by atoms with Crippen molar-refractivity contribution < 1.29 is 13.5 Å². The Morgan fingerprint density at radius 2 is 2.12 bits per heavy atom. The number of hydrogen-bond acceptors (Lipinski definition) is 4. The number of halogens is 1. The van der Waals surface area contributed by atoms with E-state index in [2.05, 4.69) is 25.6 Å². The Morgan fingerprint density at radius 1 is 1.38 bits per heavy atom. The first-order chi connectivity index (χ1) is 7.56. The van der Waals surface area contributed by atoms with Gasteiger partial charge in [-0.3, -0.25) is 4.98 Å². The summed E-state index contributed by atoms with van der Waals surface area (Å²) in [6.07, 6.45) is 4.00. The molecule has 0 unspecified atom stereocenters. The Balaban J connectivity index is 2.64. The van der Waals surface area contributed by atoms with Crippen LogP contribution in [0.3, 0.4) is 0 Å². The van der Waals surface area contributed by atoms with Gasteiger partial charge in [0.1, 0.15) is 4.90 Å². The average molecular weight is 309 g/mol. The number of pyridine rings is 1. The molecule has 90 valence electrons. The Hall–Kier alpha value is -0.500. The monoisotopic (exact) mass is 308 g/mol. The molecule has 1 rings (SSSR count). The van der Waals surface area contributed by atoms with Gasteiger partial charge in [-0.1, -0.05) is 0 Å². The molecule has 0 atom stereocenters. The van der Waals surface area contributed by atoms with E-state index < -0.39 is 10.0 Å². The van der Waals surface area contributed by atoms with Crippen molar-refractivity contribution in [3.8, 4) is 0 Å². The Labute approximate surface area is 103 Å². The highest BCUT2D eigenvalue weighted by Gasteiger charge is 2.13. The number of nitrogens with one attached hydrogen (secondary N) is 1. The van der Waals surface area contributed by atoms with Gasteiger partial charge in [0.05, 0.1) is 0 Å². The third kappa shape index (κ3) is 4.17. The molecule has 0 aliphatic carbocycles. The van der Waals surface area contributed by atoms with E-state index >= 15 is 0 Å². The summed E-state index contributed by atoms with van der Waals surface area (Å²) in [6.45, 7) is 0.384. The molecule has 0 bridgehead atoms. The lowest BCUT2D eigenvalue weighted by Gasteiger charge is -2.05. The summed E-state index contributed by atoms with van der Waals surface area (Å²) in [5.74, 6) is 0. The van der Waals surface area contributed by atoms with Crippen LogP contribution < -0.4 is 4.72 Å². The van der Waals surface area contributed by atoms with Gasteiger partial charge in [0, 0.05) is 30.0 Å². The van der Waals surface area contributed by atoms with Crippen LogP contribution >= 0.6 is 15.9 Å². The summed E-state index contributed by atoms with van der Waals surface area (Å²) in [5, 5.41) is 8.56. The van der Waals surface area contributed by atoms with E-state index in [-0.39, 0.29) is 11.5 Å². The highest BCUT2D eigenvalue weighted by atomic mass is 79.9. The zero-order valence-electron chi connectivity index (χ0n) is 8.56. The standard InChI is InChI=1S/C9H13BrN2O3S/c10-8-5-9(7-11-6-8)16(14,15)12-3-1-2-4-13/h5-7,12-13H,1-4H2. The van der Waals surface area contributed by atoms with Gasteiger partial charge in [-0.2, -0.15) is 0 Å². The number of aliphatic hydroxyl groups is 1. The number of rotatable bonds is 6. The van der Waals surface area contributed by atoms with E-state index in [1.165, 1.54) is 18.5 Å². The van der Waals surface area contributed by atoms with E-state index in [4.69, 9.17) is 5.11 Å². The third-order valence-corrected chi connectivity index (χ3v) is 3.73. The highest BCUT2D eigenvalue weighted by molar-refractivity contribution is 9.10. The second-order valence-corrected chi connectivity index (χ2v) is 5.85. The molecule has 0 saturated carbocycles. The maximum absolute atomic E-state index is 11.7. The van der Waals surface area contributed by atoms with Gasteiger partial charge in [-0.25, -0.2) is 13.1 Å². The van der Waals surface area contributed by atoms with Gasteiger partial charge in [0.25, 0.3) is 0 Å². The Kier molecular flexibility index (Phi) is 5.33. The van der Waals surface area contributed by atoms with Crippen molar-refractivity contribution in [2.24, 2.45) is 0 Å². The predicted octanol–water partition coefficient (Wildman–Crippen LogP) is 0.895. The largest absolute Gasteiger partial charge is 0.396 e. The minimum Gasteiger partial charge on any atom is -0.396 e. The van der Waals surface area contributed by atoms with Crippen LogP contribution in [0.4, 0.5) is 0 Å². The van der Waals surface area contributed by atoms with E-state index in [0.29, 0.717) is 23.9 Å². The lowest BCUT2D eigenvalue weighted by Crippen LogP contribution is -2.25. The van der Waals surface area contributed by atoms with Crippen molar-refractivity contribution in [3.05, 3.63) is 22.9 Å². The number of aromatic nitrogens is 1. The molecular formula is C9H13BrN2O3S. The zero-order chi connectivity index (χ0) is 12.0. The maximum atomic E-state index is 11.7. The normalized spacial score (nSPS) is 11.6. The van der Waals surface area contributed by atoms with Gasteiger partial charge in [-0.15, -0.1) is 0 Å². The molecular weight excluding hydrogens is 296 g/mol. The minimum atomic E-state index is -3.49. The van der Waals surface area contributed by atoms with Crippen LogP contribution in [-0.2, 0) is 10.0 Å². The molecule has 1 aromatic heterocycles. The quantitative estimate of drug-likeness (QED) is 0.765. The van der Waals surface area contributed by atoms with Crippen LogP contribution in [0.25, 0.3) is 0 Å². The van der Waals surface area contributed by atoms with E-state index in [9.17, 15) is 8.42 Å². The second-order valence-electron chi connectivity index (χ2n) is 3.17. The fourth-order valence-corrected chi connectivity index (χ4v) is 2.64. The van der Waals surface area contributed by atoms with E-state index in [0.717, 1.165) is 0 Å². The van der Waals surface area contributed by atoms with Crippen molar-refractivity contribution in [3.63, 3.8) is 0 Å². The average Bonchev–Trinajstić information content (AvgIpc) is 2.24. The topological polar surface area (TPSA) is 79.3 Å². The highest BCUT2D eigenvalue weighted by Crippen LogP contribution is 2.13. The van der Waals surface area contributed by atoms with E-state index in [1.807, 2.05) is 0 Å². The minimum absolute atomic E-state index is 0.0696. The lowest BCUT2D eigenvalue weighted by atomic mass is 10.3. The molecule has 7 heteroatoms.